The van der Waals surface area contributed by atoms with Crippen LogP contribution in [0.1, 0.15) is 44.5 Å². The Morgan fingerprint density at radius 1 is 1.24 bits per heavy atom. The summed E-state index contributed by atoms with van der Waals surface area (Å²) >= 11 is 0. The summed E-state index contributed by atoms with van der Waals surface area (Å²) in [5.74, 6) is 0.641. The lowest BCUT2D eigenvalue weighted by molar-refractivity contribution is 0.00255. The summed E-state index contributed by atoms with van der Waals surface area (Å²) in [7, 11) is 1.65. The fourth-order valence-corrected chi connectivity index (χ4v) is 3.59. The molecule has 4 rings (SSSR count). The van der Waals surface area contributed by atoms with E-state index in [9.17, 15) is 4.79 Å². The van der Waals surface area contributed by atoms with Gasteiger partial charge in [0.25, 0.3) is 5.91 Å². The van der Waals surface area contributed by atoms with Gasteiger partial charge in [-0.25, -0.2) is 4.98 Å². The van der Waals surface area contributed by atoms with Gasteiger partial charge in [-0.3, -0.25) is 4.79 Å². The van der Waals surface area contributed by atoms with Crippen molar-refractivity contribution in [3.05, 3.63) is 82.4 Å². The number of nitrogens with one attached hydrogen (secondary N) is 1. The Morgan fingerprint density at radius 2 is 2.03 bits per heavy atom. The zero-order chi connectivity index (χ0) is 20.4. The van der Waals surface area contributed by atoms with Crippen molar-refractivity contribution in [2.75, 3.05) is 7.11 Å². The van der Waals surface area contributed by atoms with Crippen LogP contribution in [0.4, 0.5) is 0 Å². The van der Waals surface area contributed by atoms with E-state index in [1.54, 1.807) is 13.4 Å². The molecule has 1 atom stereocenters. The van der Waals surface area contributed by atoms with Gasteiger partial charge in [-0.1, -0.05) is 35.9 Å². The number of aryl methyl sites for hydroxylation is 2. The van der Waals surface area contributed by atoms with Crippen LogP contribution in [-0.4, -0.2) is 22.6 Å². The number of carbonyl (C=O) groups is 1. The molecule has 0 bridgehead atoms. The van der Waals surface area contributed by atoms with Crippen LogP contribution in [0.3, 0.4) is 0 Å². The second-order valence-electron chi connectivity index (χ2n) is 7.38. The third-order valence-electron chi connectivity index (χ3n) is 5.38. The van der Waals surface area contributed by atoms with E-state index in [1.807, 2.05) is 42.7 Å². The smallest absolute Gasteiger partial charge is 0.272 e. The minimum absolute atomic E-state index is 0.0755. The first-order valence-corrected chi connectivity index (χ1v) is 9.69. The van der Waals surface area contributed by atoms with Crippen molar-refractivity contribution in [3.8, 4) is 5.75 Å². The number of ether oxygens (including phenoxy) is 2. The monoisotopic (exact) mass is 391 g/mol. The van der Waals surface area contributed by atoms with E-state index in [1.165, 1.54) is 5.56 Å². The normalized spacial score (nSPS) is 15.6. The zero-order valence-corrected chi connectivity index (χ0v) is 16.9. The van der Waals surface area contributed by atoms with E-state index >= 15 is 0 Å². The van der Waals surface area contributed by atoms with Crippen LogP contribution in [0.5, 0.6) is 5.75 Å². The average molecular weight is 391 g/mol. The van der Waals surface area contributed by atoms with Crippen molar-refractivity contribution in [2.24, 2.45) is 0 Å². The van der Waals surface area contributed by atoms with Gasteiger partial charge in [0.05, 0.1) is 32.3 Å². The average Bonchev–Trinajstić information content (AvgIpc) is 3.17. The molecule has 0 aliphatic carbocycles. The summed E-state index contributed by atoms with van der Waals surface area (Å²) in [6.45, 7) is 5.55. The molecule has 0 radical (unpaired) electrons. The van der Waals surface area contributed by atoms with Gasteiger partial charge in [0.2, 0.25) is 0 Å². The summed E-state index contributed by atoms with van der Waals surface area (Å²) in [6.07, 6.45) is 1.65. The lowest BCUT2D eigenvalue weighted by Gasteiger charge is -2.25. The van der Waals surface area contributed by atoms with E-state index in [4.69, 9.17) is 9.47 Å². The Labute approximate surface area is 170 Å². The standard InChI is InChI=1S/C23H25N3O3/c1-15-4-5-16(2)18(10-15)11-24-23(27)22-20-13-29-21(12-26(20)14-25-22)17-6-8-19(28-3)9-7-17/h4-10,14,21H,11-13H2,1-3H3,(H,24,27)/t21-/m0/s1. The van der Waals surface area contributed by atoms with Crippen molar-refractivity contribution in [1.29, 1.82) is 0 Å². The van der Waals surface area contributed by atoms with Crippen LogP contribution in [0.2, 0.25) is 0 Å². The van der Waals surface area contributed by atoms with Crippen molar-refractivity contribution in [3.63, 3.8) is 0 Å². The lowest BCUT2D eigenvalue weighted by Crippen LogP contribution is -2.27. The van der Waals surface area contributed by atoms with Crippen LogP contribution >= 0.6 is 0 Å². The highest BCUT2D eigenvalue weighted by Crippen LogP contribution is 2.28. The van der Waals surface area contributed by atoms with E-state index in [-0.39, 0.29) is 12.0 Å². The number of methoxy groups -OCH3 is 1. The zero-order valence-electron chi connectivity index (χ0n) is 16.9. The van der Waals surface area contributed by atoms with Crippen molar-refractivity contribution in [2.45, 2.75) is 39.6 Å². The highest BCUT2D eigenvalue weighted by Gasteiger charge is 2.26. The van der Waals surface area contributed by atoms with Gasteiger partial charge >= 0.3 is 0 Å². The van der Waals surface area contributed by atoms with E-state index in [0.29, 0.717) is 25.4 Å². The van der Waals surface area contributed by atoms with Gasteiger partial charge in [0.15, 0.2) is 5.69 Å². The van der Waals surface area contributed by atoms with Crippen LogP contribution in [0.15, 0.2) is 48.8 Å². The molecule has 29 heavy (non-hydrogen) atoms. The maximum Gasteiger partial charge on any atom is 0.272 e. The Bertz CT molecular complexity index is 1020. The van der Waals surface area contributed by atoms with E-state index in [2.05, 4.69) is 28.5 Å². The first kappa shape index (κ1) is 19.2. The van der Waals surface area contributed by atoms with Crippen LogP contribution in [0, 0.1) is 13.8 Å². The third kappa shape index (κ3) is 4.03. The molecule has 3 aromatic rings. The first-order valence-electron chi connectivity index (χ1n) is 9.69. The number of hydrogen-bond acceptors (Lipinski definition) is 4. The maximum atomic E-state index is 12.7. The molecule has 6 nitrogen and oxygen atoms in total. The summed E-state index contributed by atoms with van der Waals surface area (Å²) < 4.78 is 13.2. The van der Waals surface area contributed by atoms with Crippen molar-refractivity contribution in [1.82, 2.24) is 14.9 Å². The minimum atomic E-state index is -0.175. The molecule has 6 heteroatoms. The Balaban J connectivity index is 1.44. The number of carbonyl (C=O) groups excluding carboxylic acids is 1. The van der Waals surface area contributed by atoms with Gasteiger partial charge < -0.3 is 19.4 Å². The topological polar surface area (TPSA) is 65.4 Å². The number of rotatable bonds is 5. The number of benzene rings is 2. The molecule has 2 aromatic carbocycles. The van der Waals surface area contributed by atoms with Crippen LogP contribution < -0.4 is 10.1 Å². The molecule has 1 aliphatic rings. The largest absolute Gasteiger partial charge is 0.497 e. The Morgan fingerprint density at radius 3 is 2.79 bits per heavy atom. The second kappa shape index (κ2) is 8.09. The van der Waals surface area contributed by atoms with Gasteiger partial charge in [-0.05, 0) is 42.7 Å². The number of amides is 1. The lowest BCUT2D eigenvalue weighted by atomic mass is 10.1. The summed E-state index contributed by atoms with van der Waals surface area (Å²) in [4.78, 5) is 17.1. The molecule has 0 unspecified atom stereocenters. The molecule has 0 fully saturated rings. The molecule has 1 N–H and O–H groups in total. The van der Waals surface area contributed by atoms with Crippen molar-refractivity contribution < 1.29 is 14.3 Å². The Kier molecular flexibility index (Phi) is 5.36. The molecule has 0 saturated heterocycles. The quantitative estimate of drug-likeness (QED) is 0.720. The summed E-state index contributed by atoms with van der Waals surface area (Å²) in [6, 6.07) is 14.1. The van der Waals surface area contributed by atoms with Gasteiger partial charge in [-0.2, -0.15) is 0 Å². The van der Waals surface area contributed by atoms with Crippen LogP contribution in [0.25, 0.3) is 0 Å². The van der Waals surface area contributed by atoms with Gasteiger partial charge in [0.1, 0.15) is 11.9 Å². The molecule has 150 valence electrons. The van der Waals surface area contributed by atoms with Crippen LogP contribution in [-0.2, 0) is 24.4 Å². The number of aromatic nitrogens is 2. The van der Waals surface area contributed by atoms with E-state index in [0.717, 1.165) is 28.1 Å². The minimum Gasteiger partial charge on any atom is -0.497 e. The number of fused-ring (bicyclic) bond motifs is 1. The number of nitrogens with zero attached hydrogens (tertiary/aromatic N) is 2. The predicted octanol–water partition coefficient (Wildman–Crippen LogP) is 3.71. The molecule has 2 heterocycles. The first-order chi connectivity index (χ1) is 14.0. The molecule has 0 spiro atoms. The molecular weight excluding hydrogens is 366 g/mol. The predicted molar refractivity (Wildman–Crippen MR) is 110 cm³/mol. The maximum absolute atomic E-state index is 12.7. The second-order valence-corrected chi connectivity index (χ2v) is 7.38. The number of hydrogen-bond donors (Lipinski definition) is 1. The molecule has 1 amide bonds. The number of imidazole rings is 1. The van der Waals surface area contributed by atoms with Gasteiger partial charge in [-0.15, -0.1) is 0 Å². The molecule has 0 saturated carbocycles. The SMILES string of the molecule is COc1ccc([C@@H]2Cn3cnc(C(=O)NCc4cc(C)ccc4C)c3CO2)cc1. The highest BCUT2D eigenvalue weighted by molar-refractivity contribution is 5.93. The summed E-state index contributed by atoms with van der Waals surface area (Å²) in [5, 5.41) is 2.99. The highest BCUT2D eigenvalue weighted by atomic mass is 16.5. The summed E-state index contributed by atoms with van der Waals surface area (Å²) in [5.41, 5.74) is 5.77. The fraction of sp³-hybridized carbons (Fsp3) is 0.304. The fourth-order valence-electron chi connectivity index (χ4n) is 3.59. The molecule has 1 aliphatic heterocycles. The molecular formula is C23H25N3O3. The van der Waals surface area contributed by atoms with E-state index < -0.39 is 0 Å². The van der Waals surface area contributed by atoms with Crippen molar-refractivity contribution >= 4 is 5.91 Å². The Hall–Kier alpha value is -3.12. The van der Waals surface area contributed by atoms with Gasteiger partial charge in [0, 0.05) is 6.54 Å². The third-order valence-corrected chi connectivity index (χ3v) is 5.38. The molecule has 1 aromatic heterocycles.